The topological polar surface area (TPSA) is 53.8 Å². The second-order valence-electron chi connectivity index (χ2n) is 10.1. The summed E-state index contributed by atoms with van der Waals surface area (Å²) in [5.41, 5.74) is 3.36. The Bertz CT molecular complexity index is 1380. The van der Waals surface area contributed by atoms with E-state index in [9.17, 15) is 5.21 Å². The first kappa shape index (κ1) is 27.5. The Hall–Kier alpha value is -4.03. The van der Waals surface area contributed by atoms with Crippen molar-refractivity contribution in [3.05, 3.63) is 161 Å². The molecule has 1 heterocycles. The standard InChI is InChI=1S/C35H35NO4/c1-2-23-35(27-38-24-28-15-7-3-8-16-28)34(40-26-30-19-11-5-12-20-30)33(39-25-29-17-9-4-10-18-29)32(36(35)37)31-21-13-6-14-22-31/h2-22,33-34H,1,23-27H2/t33-,34+,35-/m1/s1. The van der Waals surface area contributed by atoms with Crippen LogP contribution < -0.4 is 0 Å². The minimum Gasteiger partial charge on any atom is -0.623 e. The average molecular weight is 534 g/mol. The van der Waals surface area contributed by atoms with Crippen LogP contribution in [0.4, 0.5) is 0 Å². The van der Waals surface area contributed by atoms with Crippen molar-refractivity contribution in [2.24, 2.45) is 0 Å². The predicted molar refractivity (Wildman–Crippen MR) is 158 cm³/mol. The molecule has 5 rings (SSSR count). The van der Waals surface area contributed by atoms with Gasteiger partial charge in [0.05, 0.1) is 19.8 Å². The Morgan fingerprint density at radius 3 is 1.68 bits per heavy atom. The van der Waals surface area contributed by atoms with Crippen molar-refractivity contribution in [1.29, 1.82) is 0 Å². The molecular weight excluding hydrogens is 498 g/mol. The largest absolute Gasteiger partial charge is 0.623 e. The van der Waals surface area contributed by atoms with Crippen molar-refractivity contribution >= 4 is 5.71 Å². The van der Waals surface area contributed by atoms with Gasteiger partial charge in [-0.15, -0.1) is 6.58 Å². The molecule has 0 spiro atoms. The minimum atomic E-state index is -1.07. The molecule has 0 saturated heterocycles. The molecule has 0 amide bonds. The molecule has 5 nitrogen and oxygen atoms in total. The van der Waals surface area contributed by atoms with Crippen molar-refractivity contribution in [2.75, 3.05) is 6.61 Å². The van der Waals surface area contributed by atoms with Crippen molar-refractivity contribution < 1.29 is 18.9 Å². The van der Waals surface area contributed by atoms with E-state index < -0.39 is 17.7 Å². The second-order valence-corrected chi connectivity index (χ2v) is 10.1. The normalized spacial score (nSPS) is 20.5. The summed E-state index contributed by atoms with van der Waals surface area (Å²) in [5, 5.41) is 14.5. The Morgan fingerprint density at radius 2 is 1.15 bits per heavy atom. The van der Waals surface area contributed by atoms with Gasteiger partial charge >= 0.3 is 0 Å². The number of hydrogen-bond acceptors (Lipinski definition) is 4. The molecule has 40 heavy (non-hydrogen) atoms. The van der Waals surface area contributed by atoms with Crippen LogP contribution in [0.3, 0.4) is 0 Å². The maximum absolute atomic E-state index is 14.5. The molecule has 1 aliphatic rings. The highest BCUT2D eigenvalue weighted by Gasteiger charge is 2.61. The molecule has 3 atom stereocenters. The van der Waals surface area contributed by atoms with E-state index in [1.165, 1.54) is 0 Å². The van der Waals surface area contributed by atoms with Gasteiger partial charge in [0.25, 0.3) is 0 Å². The lowest BCUT2D eigenvalue weighted by Gasteiger charge is -2.33. The van der Waals surface area contributed by atoms with Crippen molar-refractivity contribution in [1.82, 2.24) is 0 Å². The molecule has 5 heteroatoms. The van der Waals surface area contributed by atoms with E-state index in [1.54, 1.807) is 6.08 Å². The van der Waals surface area contributed by atoms with Gasteiger partial charge in [-0.3, -0.25) is 0 Å². The van der Waals surface area contributed by atoms with Gasteiger partial charge in [0.1, 0.15) is 6.61 Å². The molecule has 0 radical (unpaired) electrons. The summed E-state index contributed by atoms with van der Waals surface area (Å²) in [4.78, 5) is 0. The molecule has 4 aromatic carbocycles. The highest BCUT2D eigenvalue weighted by Crippen LogP contribution is 2.37. The molecule has 0 N–H and O–H groups in total. The third kappa shape index (κ3) is 6.23. The smallest absolute Gasteiger partial charge is 0.228 e. The summed E-state index contributed by atoms with van der Waals surface area (Å²) >= 11 is 0. The van der Waals surface area contributed by atoms with Crippen LogP contribution in [0.2, 0.25) is 0 Å². The van der Waals surface area contributed by atoms with E-state index in [2.05, 4.69) is 6.58 Å². The van der Waals surface area contributed by atoms with Gasteiger partial charge in [0.2, 0.25) is 11.3 Å². The zero-order valence-electron chi connectivity index (χ0n) is 22.6. The maximum atomic E-state index is 14.5. The molecule has 0 bridgehead atoms. The van der Waals surface area contributed by atoms with Gasteiger partial charge in [0, 0.05) is 12.0 Å². The molecule has 0 saturated carbocycles. The van der Waals surface area contributed by atoms with Gasteiger partial charge in [0.15, 0.2) is 12.2 Å². The summed E-state index contributed by atoms with van der Waals surface area (Å²) < 4.78 is 20.6. The highest BCUT2D eigenvalue weighted by atomic mass is 16.6. The van der Waals surface area contributed by atoms with E-state index >= 15 is 0 Å². The van der Waals surface area contributed by atoms with E-state index in [-0.39, 0.29) is 6.61 Å². The van der Waals surface area contributed by atoms with Crippen LogP contribution in [0, 0.1) is 5.21 Å². The summed E-state index contributed by atoms with van der Waals surface area (Å²) in [6, 6.07) is 39.6. The van der Waals surface area contributed by atoms with Gasteiger partial charge in [-0.25, -0.2) is 0 Å². The number of hydroxylamine groups is 1. The zero-order chi connectivity index (χ0) is 27.6. The van der Waals surface area contributed by atoms with Crippen molar-refractivity contribution in [3.63, 3.8) is 0 Å². The highest BCUT2D eigenvalue weighted by molar-refractivity contribution is 6.02. The summed E-state index contributed by atoms with van der Waals surface area (Å²) in [6.45, 7) is 5.23. The maximum Gasteiger partial charge on any atom is 0.228 e. The molecule has 0 fully saturated rings. The third-order valence-electron chi connectivity index (χ3n) is 7.27. The van der Waals surface area contributed by atoms with Gasteiger partial charge < -0.3 is 19.4 Å². The average Bonchev–Trinajstić information content (AvgIpc) is 3.23. The van der Waals surface area contributed by atoms with Crippen LogP contribution in [-0.2, 0) is 34.0 Å². The van der Waals surface area contributed by atoms with Gasteiger partial charge in [-0.05, 0) is 28.8 Å². The fourth-order valence-corrected chi connectivity index (χ4v) is 5.28. The van der Waals surface area contributed by atoms with E-state index in [4.69, 9.17) is 14.2 Å². The Labute approximate surface area is 236 Å². The molecule has 0 aromatic heterocycles. The van der Waals surface area contributed by atoms with Crippen LogP contribution in [-0.4, -0.2) is 34.8 Å². The fourth-order valence-electron chi connectivity index (χ4n) is 5.28. The van der Waals surface area contributed by atoms with Crippen LogP contribution in [0.25, 0.3) is 0 Å². The number of rotatable bonds is 13. The summed E-state index contributed by atoms with van der Waals surface area (Å²) in [7, 11) is 0. The summed E-state index contributed by atoms with van der Waals surface area (Å²) in [5.74, 6) is 0. The van der Waals surface area contributed by atoms with E-state index in [0.717, 1.165) is 27.0 Å². The number of nitrogens with zero attached hydrogens (tertiary/aromatic N) is 1. The molecule has 0 unspecified atom stereocenters. The van der Waals surface area contributed by atoms with Crippen LogP contribution in [0.1, 0.15) is 28.7 Å². The Balaban J connectivity index is 1.53. The monoisotopic (exact) mass is 533 g/mol. The van der Waals surface area contributed by atoms with Crippen LogP contribution >= 0.6 is 0 Å². The number of hydrogen-bond donors (Lipinski definition) is 0. The molecule has 1 aliphatic heterocycles. The van der Waals surface area contributed by atoms with Gasteiger partial charge in [-0.2, -0.15) is 4.74 Å². The van der Waals surface area contributed by atoms with Crippen LogP contribution in [0.5, 0.6) is 0 Å². The first-order valence-electron chi connectivity index (χ1n) is 13.6. The first-order valence-corrected chi connectivity index (χ1v) is 13.6. The first-order chi connectivity index (χ1) is 19.7. The second kappa shape index (κ2) is 13.4. The Morgan fingerprint density at radius 1 is 0.675 bits per heavy atom. The lowest BCUT2D eigenvalue weighted by atomic mass is 9.88. The van der Waals surface area contributed by atoms with Crippen LogP contribution in [0.15, 0.2) is 134 Å². The lowest BCUT2D eigenvalue weighted by Crippen LogP contribution is -2.53. The number of benzene rings is 4. The molecule has 0 aliphatic carbocycles. The fraction of sp³-hybridized carbons (Fsp3) is 0.229. The third-order valence-corrected chi connectivity index (χ3v) is 7.27. The molecular formula is C35H35NO4. The number of ether oxygens (including phenoxy) is 3. The SMILES string of the molecule is C=CC[C@@]1(COCc2ccccc2)[C@@H](OCc2ccccc2)[C@H](OCc2ccccc2)C(c2ccccc2)=[N+]1[O-]. The predicted octanol–water partition coefficient (Wildman–Crippen LogP) is 6.70. The lowest BCUT2D eigenvalue weighted by molar-refractivity contribution is -0.557. The molecule has 4 aromatic rings. The Kier molecular flexibility index (Phi) is 9.19. The van der Waals surface area contributed by atoms with Crippen molar-refractivity contribution in [3.8, 4) is 0 Å². The van der Waals surface area contributed by atoms with Gasteiger partial charge in [-0.1, -0.05) is 115 Å². The van der Waals surface area contributed by atoms with E-state index in [1.807, 2.05) is 121 Å². The minimum absolute atomic E-state index is 0.151. The molecule has 204 valence electrons. The quantitative estimate of drug-likeness (QED) is 0.109. The van der Waals surface area contributed by atoms with Crippen molar-refractivity contribution in [2.45, 2.75) is 44.0 Å². The summed E-state index contributed by atoms with van der Waals surface area (Å²) in [6.07, 6.45) is 0.909. The van der Waals surface area contributed by atoms with E-state index in [0.29, 0.717) is 32.0 Å². The zero-order valence-corrected chi connectivity index (χ0v) is 22.6.